The third-order valence-electron chi connectivity index (χ3n) is 3.71. The maximum Gasteiger partial charge on any atom is 0.107 e. The Hall–Kier alpha value is -0.650. The highest BCUT2D eigenvalue weighted by Crippen LogP contribution is 2.37. The van der Waals surface area contributed by atoms with Gasteiger partial charge in [-0.15, -0.1) is 0 Å². The number of ether oxygens (including phenoxy) is 1. The number of anilines is 1. The van der Waals surface area contributed by atoms with Crippen LogP contribution in [0.1, 0.15) is 24.8 Å². The zero-order valence-electron chi connectivity index (χ0n) is 9.86. The number of thiocarbonyl (C=S) groups is 1. The van der Waals surface area contributed by atoms with Crippen LogP contribution in [-0.2, 0) is 4.74 Å². The van der Waals surface area contributed by atoms with Crippen molar-refractivity contribution in [1.82, 2.24) is 0 Å². The van der Waals surface area contributed by atoms with Crippen molar-refractivity contribution in [3.63, 3.8) is 0 Å². The molecule has 5 heteroatoms. The molecule has 0 saturated carbocycles. The van der Waals surface area contributed by atoms with Gasteiger partial charge in [0, 0.05) is 15.7 Å². The molecule has 2 saturated heterocycles. The van der Waals surface area contributed by atoms with Gasteiger partial charge in [-0.2, -0.15) is 0 Å². The minimum absolute atomic E-state index is 0.341. The smallest absolute Gasteiger partial charge is 0.107 e. The topological polar surface area (TPSA) is 47.3 Å². The van der Waals surface area contributed by atoms with E-state index in [1.807, 2.05) is 18.2 Å². The first kappa shape index (κ1) is 12.4. The number of halogens is 1. The maximum absolute atomic E-state index is 5.85. The van der Waals surface area contributed by atoms with Gasteiger partial charge in [-0.05, 0) is 47.3 Å². The van der Waals surface area contributed by atoms with E-state index in [1.165, 1.54) is 6.42 Å². The fraction of sp³-hybridized carbons (Fsp3) is 0.462. The van der Waals surface area contributed by atoms with Crippen LogP contribution in [0.3, 0.4) is 0 Å². The summed E-state index contributed by atoms with van der Waals surface area (Å²) in [5.74, 6) is 0. The van der Waals surface area contributed by atoms with E-state index in [9.17, 15) is 0 Å². The van der Waals surface area contributed by atoms with Crippen LogP contribution in [0.5, 0.6) is 0 Å². The van der Waals surface area contributed by atoms with Crippen molar-refractivity contribution >= 4 is 38.8 Å². The molecule has 2 bridgehead atoms. The Bertz CT molecular complexity index is 494. The summed E-state index contributed by atoms with van der Waals surface area (Å²) in [5.41, 5.74) is 7.68. The molecule has 0 radical (unpaired) electrons. The van der Waals surface area contributed by atoms with Crippen LogP contribution in [0.4, 0.5) is 5.69 Å². The number of rotatable bonds is 3. The average Bonchev–Trinajstić information content (AvgIpc) is 2.90. The molecule has 1 aromatic carbocycles. The molecule has 96 valence electrons. The fourth-order valence-electron chi connectivity index (χ4n) is 2.88. The summed E-state index contributed by atoms with van der Waals surface area (Å²) in [6, 6.07) is 6.34. The van der Waals surface area contributed by atoms with Gasteiger partial charge in [-0.25, -0.2) is 0 Å². The molecular formula is C13H15BrN2OS. The summed E-state index contributed by atoms with van der Waals surface area (Å²) >= 11 is 8.62. The van der Waals surface area contributed by atoms with Crippen LogP contribution in [0.15, 0.2) is 22.7 Å². The van der Waals surface area contributed by atoms with Crippen molar-refractivity contribution in [3.8, 4) is 0 Å². The number of nitrogens with one attached hydrogen (secondary N) is 1. The van der Waals surface area contributed by atoms with Gasteiger partial charge in [0.15, 0.2) is 0 Å². The summed E-state index contributed by atoms with van der Waals surface area (Å²) in [4.78, 5) is 0.411. The Balaban J connectivity index is 1.84. The van der Waals surface area contributed by atoms with Crippen molar-refractivity contribution in [2.75, 3.05) is 5.32 Å². The Morgan fingerprint density at radius 1 is 1.44 bits per heavy atom. The van der Waals surface area contributed by atoms with E-state index in [0.717, 1.165) is 28.6 Å². The molecule has 2 fully saturated rings. The normalized spacial score (nSPS) is 29.5. The van der Waals surface area contributed by atoms with Crippen molar-refractivity contribution in [2.45, 2.75) is 37.5 Å². The summed E-state index contributed by atoms with van der Waals surface area (Å²) in [6.07, 6.45) is 4.21. The van der Waals surface area contributed by atoms with Crippen molar-refractivity contribution in [3.05, 3.63) is 28.2 Å². The highest BCUT2D eigenvalue weighted by molar-refractivity contribution is 9.10. The quantitative estimate of drug-likeness (QED) is 0.838. The molecule has 0 aromatic heterocycles. The van der Waals surface area contributed by atoms with Crippen LogP contribution in [0.25, 0.3) is 0 Å². The minimum Gasteiger partial charge on any atom is -0.389 e. The number of nitrogens with two attached hydrogens (primary N) is 1. The molecule has 18 heavy (non-hydrogen) atoms. The van der Waals surface area contributed by atoms with Crippen LogP contribution < -0.4 is 11.1 Å². The minimum atomic E-state index is 0.341. The van der Waals surface area contributed by atoms with Gasteiger partial charge in [0.25, 0.3) is 0 Å². The molecule has 0 amide bonds. The summed E-state index contributed by atoms with van der Waals surface area (Å²) in [7, 11) is 0. The van der Waals surface area contributed by atoms with E-state index in [0.29, 0.717) is 23.2 Å². The lowest BCUT2D eigenvalue weighted by Gasteiger charge is -2.23. The molecule has 0 aliphatic carbocycles. The number of fused-ring (bicyclic) bond motifs is 2. The Morgan fingerprint density at radius 2 is 2.28 bits per heavy atom. The fourth-order valence-corrected chi connectivity index (χ4v) is 3.82. The summed E-state index contributed by atoms with van der Waals surface area (Å²) < 4.78 is 6.78. The van der Waals surface area contributed by atoms with Crippen LogP contribution in [-0.4, -0.2) is 23.2 Å². The van der Waals surface area contributed by atoms with Crippen LogP contribution in [0, 0.1) is 0 Å². The third-order valence-corrected chi connectivity index (χ3v) is 4.57. The molecule has 2 aliphatic heterocycles. The predicted molar refractivity (Wildman–Crippen MR) is 80.0 cm³/mol. The first-order valence-corrected chi connectivity index (χ1v) is 7.35. The van der Waals surface area contributed by atoms with Crippen molar-refractivity contribution in [2.24, 2.45) is 5.73 Å². The Labute approximate surface area is 120 Å². The van der Waals surface area contributed by atoms with Gasteiger partial charge in [0.1, 0.15) is 4.99 Å². The summed E-state index contributed by atoms with van der Waals surface area (Å²) in [5, 5.41) is 3.54. The molecule has 2 aliphatic rings. The lowest BCUT2D eigenvalue weighted by Crippen LogP contribution is -2.31. The van der Waals surface area contributed by atoms with Gasteiger partial charge in [0.05, 0.1) is 18.2 Å². The highest BCUT2D eigenvalue weighted by atomic mass is 79.9. The molecule has 3 rings (SSSR count). The van der Waals surface area contributed by atoms with E-state index in [1.54, 1.807) is 0 Å². The van der Waals surface area contributed by atoms with E-state index >= 15 is 0 Å². The summed E-state index contributed by atoms with van der Waals surface area (Å²) in [6.45, 7) is 0. The molecular weight excluding hydrogens is 312 g/mol. The first-order chi connectivity index (χ1) is 8.65. The molecule has 3 nitrogen and oxygen atoms in total. The maximum atomic E-state index is 5.85. The van der Waals surface area contributed by atoms with Gasteiger partial charge in [0.2, 0.25) is 0 Å². The lowest BCUT2D eigenvalue weighted by atomic mass is 9.95. The molecule has 0 spiro atoms. The SMILES string of the molecule is NC(=S)c1c(Br)cccc1NC1CC2CCC1O2. The second-order valence-corrected chi connectivity index (χ2v) is 6.18. The van der Waals surface area contributed by atoms with Crippen molar-refractivity contribution in [1.29, 1.82) is 0 Å². The van der Waals surface area contributed by atoms with Gasteiger partial charge in [-0.3, -0.25) is 0 Å². The van der Waals surface area contributed by atoms with Crippen LogP contribution >= 0.6 is 28.1 Å². The van der Waals surface area contributed by atoms with Gasteiger partial charge < -0.3 is 15.8 Å². The van der Waals surface area contributed by atoms with E-state index in [4.69, 9.17) is 22.7 Å². The van der Waals surface area contributed by atoms with Gasteiger partial charge >= 0.3 is 0 Å². The lowest BCUT2D eigenvalue weighted by molar-refractivity contribution is 0.102. The monoisotopic (exact) mass is 326 g/mol. The van der Waals surface area contributed by atoms with E-state index in [2.05, 4.69) is 21.2 Å². The van der Waals surface area contributed by atoms with Crippen LogP contribution in [0.2, 0.25) is 0 Å². The standard InChI is InChI=1S/C13H15BrN2OS/c14-8-2-1-3-9(12(8)13(15)18)16-10-6-7-4-5-11(10)17-7/h1-3,7,10-11,16H,4-6H2,(H2,15,18). The first-order valence-electron chi connectivity index (χ1n) is 6.15. The number of hydrogen-bond acceptors (Lipinski definition) is 3. The van der Waals surface area contributed by atoms with Gasteiger partial charge in [-0.1, -0.05) is 18.3 Å². The molecule has 1 aromatic rings. The molecule has 3 unspecified atom stereocenters. The zero-order chi connectivity index (χ0) is 12.7. The molecule has 2 heterocycles. The third kappa shape index (κ3) is 2.15. The molecule has 3 atom stereocenters. The second kappa shape index (κ2) is 4.79. The molecule has 3 N–H and O–H groups in total. The van der Waals surface area contributed by atoms with E-state index in [-0.39, 0.29) is 0 Å². The number of benzene rings is 1. The predicted octanol–water partition coefficient (Wildman–Crippen LogP) is 2.82. The Kier molecular flexibility index (Phi) is 3.30. The highest BCUT2D eigenvalue weighted by Gasteiger charge is 2.40. The number of hydrogen-bond donors (Lipinski definition) is 2. The second-order valence-electron chi connectivity index (χ2n) is 4.89. The van der Waals surface area contributed by atoms with E-state index < -0.39 is 0 Å². The Morgan fingerprint density at radius 3 is 2.89 bits per heavy atom. The van der Waals surface area contributed by atoms with Crippen molar-refractivity contribution < 1.29 is 4.74 Å². The average molecular weight is 327 g/mol. The largest absolute Gasteiger partial charge is 0.389 e. The zero-order valence-corrected chi connectivity index (χ0v) is 12.3.